The molecule has 1 aromatic rings. The predicted molar refractivity (Wildman–Crippen MR) is 86.9 cm³/mol. The maximum absolute atomic E-state index is 12.5. The lowest BCUT2D eigenvalue weighted by Gasteiger charge is -2.24. The van der Waals surface area contributed by atoms with Crippen LogP contribution in [0, 0.1) is 11.8 Å². The average Bonchev–Trinajstić information content (AvgIpc) is 2.37. The van der Waals surface area contributed by atoms with Gasteiger partial charge in [-0.05, 0) is 23.8 Å². The maximum Gasteiger partial charge on any atom is 0.318 e. The van der Waals surface area contributed by atoms with E-state index in [0.29, 0.717) is 11.5 Å². The van der Waals surface area contributed by atoms with Gasteiger partial charge in [0.2, 0.25) is 10.0 Å². The first-order chi connectivity index (χ1) is 10.2. The fourth-order valence-corrected chi connectivity index (χ4v) is 4.12. The first-order valence-corrected chi connectivity index (χ1v) is 9.05. The molecular formula is C16H25NO4S. The Balaban J connectivity index is 2.87. The van der Waals surface area contributed by atoms with Gasteiger partial charge in [-0.3, -0.25) is 4.79 Å². The van der Waals surface area contributed by atoms with Crippen LogP contribution in [0.3, 0.4) is 0 Å². The van der Waals surface area contributed by atoms with Gasteiger partial charge in [0, 0.05) is 6.54 Å². The molecule has 0 heterocycles. The summed E-state index contributed by atoms with van der Waals surface area (Å²) in [5.41, 5.74) is 0.661. The van der Waals surface area contributed by atoms with Crippen LogP contribution in [-0.4, -0.2) is 36.9 Å². The van der Waals surface area contributed by atoms with Gasteiger partial charge in [-0.1, -0.05) is 51.1 Å². The van der Waals surface area contributed by atoms with Crippen molar-refractivity contribution in [1.82, 2.24) is 4.31 Å². The van der Waals surface area contributed by atoms with Crippen LogP contribution in [0.25, 0.3) is 0 Å². The second kappa shape index (κ2) is 8.29. The molecule has 22 heavy (non-hydrogen) atoms. The highest BCUT2D eigenvalue weighted by Gasteiger charge is 2.26. The molecule has 0 aromatic heterocycles. The molecule has 6 heteroatoms. The zero-order valence-electron chi connectivity index (χ0n) is 13.4. The van der Waals surface area contributed by atoms with Gasteiger partial charge in [0.1, 0.15) is 6.54 Å². The Kier molecular flexibility index (Phi) is 7.03. The van der Waals surface area contributed by atoms with Crippen molar-refractivity contribution >= 4 is 16.0 Å². The quantitative estimate of drug-likeness (QED) is 0.756. The smallest absolute Gasteiger partial charge is 0.318 e. The number of carboxylic acid groups (broad SMARTS) is 1. The molecule has 0 bridgehead atoms. The lowest BCUT2D eigenvalue weighted by atomic mass is 9.99. The minimum absolute atomic E-state index is 0.116. The van der Waals surface area contributed by atoms with Gasteiger partial charge >= 0.3 is 5.97 Å². The van der Waals surface area contributed by atoms with Crippen molar-refractivity contribution in [3.63, 3.8) is 0 Å². The number of rotatable bonds is 9. The minimum atomic E-state index is -3.65. The van der Waals surface area contributed by atoms with Crippen molar-refractivity contribution in [2.75, 3.05) is 13.1 Å². The largest absolute Gasteiger partial charge is 0.480 e. The molecule has 5 nitrogen and oxygen atoms in total. The van der Waals surface area contributed by atoms with Crippen molar-refractivity contribution in [3.8, 4) is 0 Å². The van der Waals surface area contributed by atoms with Crippen molar-refractivity contribution in [3.05, 3.63) is 35.9 Å². The molecule has 124 valence electrons. The van der Waals surface area contributed by atoms with Gasteiger partial charge < -0.3 is 5.11 Å². The van der Waals surface area contributed by atoms with Crippen LogP contribution >= 0.6 is 0 Å². The van der Waals surface area contributed by atoms with E-state index < -0.39 is 22.5 Å². The number of carbonyl (C=O) groups is 1. The summed E-state index contributed by atoms with van der Waals surface area (Å²) in [7, 11) is -3.65. The summed E-state index contributed by atoms with van der Waals surface area (Å²) in [6.45, 7) is 5.83. The van der Waals surface area contributed by atoms with E-state index in [9.17, 15) is 13.2 Å². The molecule has 0 unspecified atom stereocenters. The summed E-state index contributed by atoms with van der Waals surface area (Å²) >= 11 is 0. The summed E-state index contributed by atoms with van der Waals surface area (Å²) in [5.74, 6) is -0.744. The van der Waals surface area contributed by atoms with E-state index in [1.807, 2.05) is 13.0 Å². The van der Waals surface area contributed by atoms with Gasteiger partial charge in [0.25, 0.3) is 0 Å². The Morgan fingerprint density at radius 2 is 1.77 bits per heavy atom. The molecular weight excluding hydrogens is 302 g/mol. The van der Waals surface area contributed by atoms with Crippen LogP contribution in [0.1, 0.15) is 32.8 Å². The van der Waals surface area contributed by atoms with Crippen LogP contribution in [0.2, 0.25) is 0 Å². The van der Waals surface area contributed by atoms with Crippen molar-refractivity contribution in [1.29, 1.82) is 0 Å². The molecule has 0 radical (unpaired) electrons. The second-order valence-corrected chi connectivity index (χ2v) is 8.13. The monoisotopic (exact) mass is 327 g/mol. The SMILES string of the molecule is CC(C)C[C@H](C)CN(CC(=O)O)S(=O)(=O)Cc1ccccc1. The van der Waals surface area contributed by atoms with Gasteiger partial charge in [-0.2, -0.15) is 4.31 Å². The van der Waals surface area contributed by atoms with E-state index in [4.69, 9.17) is 5.11 Å². The lowest BCUT2D eigenvalue weighted by Crippen LogP contribution is -2.39. The third-order valence-corrected chi connectivity index (χ3v) is 5.05. The van der Waals surface area contributed by atoms with Gasteiger partial charge in [0.05, 0.1) is 5.75 Å². The summed E-state index contributed by atoms with van der Waals surface area (Å²) in [6.07, 6.45) is 0.858. The van der Waals surface area contributed by atoms with E-state index in [-0.39, 0.29) is 18.2 Å². The normalized spacial score (nSPS) is 13.5. The van der Waals surface area contributed by atoms with Crippen LogP contribution in [0.4, 0.5) is 0 Å². The van der Waals surface area contributed by atoms with Crippen LogP contribution in [-0.2, 0) is 20.6 Å². The zero-order valence-corrected chi connectivity index (χ0v) is 14.2. The number of nitrogens with zero attached hydrogens (tertiary/aromatic N) is 1. The molecule has 0 aliphatic carbocycles. The first kappa shape index (κ1) is 18.6. The van der Waals surface area contributed by atoms with Crippen molar-refractivity contribution < 1.29 is 18.3 Å². The maximum atomic E-state index is 12.5. The standard InChI is InChI=1S/C16H25NO4S/c1-13(2)9-14(3)10-17(11-16(18)19)22(20,21)12-15-7-5-4-6-8-15/h4-8,13-14H,9-12H2,1-3H3,(H,18,19)/t14-/m0/s1. The van der Waals surface area contributed by atoms with E-state index in [2.05, 4.69) is 13.8 Å². The molecule has 0 amide bonds. The predicted octanol–water partition coefficient (Wildman–Crippen LogP) is 2.59. The van der Waals surface area contributed by atoms with Crippen LogP contribution in [0.15, 0.2) is 30.3 Å². The Morgan fingerprint density at radius 1 is 1.18 bits per heavy atom. The number of carboxylic acids is 1. The summed E-state index contributed by atoms with van der Waals surface area (Å²) in [6, 6.07) is 8.82. The molecule has 0 saturated heterocycles. The Labute approximate surface area is 133 Å². The minimum Gasteiger partial charge on any atom is -0.480 e. The van der Waals surface area contributed by atoms with Crippen molar-refractivity contribution in [2.45, 2.75) is 32.9 Å². The second-order valence-electron chi connectivity index (χ2n) is 6.16. The molecule has 1 N–H and O–H groups in total. The Hall–Kier alpha value is -1.40. The number of benzene rings is 1. The molecule has 0 saturated carbocycles. The number of aliphatic carboxylic acids is 1. The topological polar surface area (TPSA) is 74.7 Å². The molecule has 0 fully saturated rings. The summed E-state index contributed by atoms with van der Waals surface area (Å²) in [4.78, 5) is 11.0. The average molecular weight is 327 g/mol. The van der Waals surface area contributed by atoms with Crippen molar-refractivity contribution in [2.24, 2.45) is 11.8 Å². The highest BCUT2D eigenvalue weighted by Crippen LogP contribution is 2.17. The van der Waals surface area contributed by atoms with E-state index in [1.54, 1.807) is 24.3 Å². The summed E-state index contributed by atoms with van der Waals surface area (Å²) in [5, 5.41) is 9.00. The number of hydrogen-bond acceptors (Lipinski definition) is 3. The molecule has 1 atom stereocenters. The fraction of sp³-hybridized carbons (Fsp3) is 0.562. The van der Waals surface area contributed by atoms with Gasteiger partial charge in [0.15, 0.2) is 0 Å². The Bertz CT molecular complexity index is 569. The lowest BCUT2D eigenvalue weighted by molar-refractivity contribution is -0.137. The highest BCUT2D eigenvalue weighted by molar-refractivity contribution is 7.88. The van der Waals surface area contributed by atoms with E-state index >= 15 is 0 Å². The zero-order chi connectivity index (χ0) is 16.8. The van der Waals surface area contributed by atoms with Gasteiger partial charge in [-0.15, -0.1) is 0 Å². The molecule has 0 spiro atoms. The van der Waals surface area contributed by atoms with Crippen LogP contribution in [0.5, 0.6) is 0 Å². The fourth-order valence-electron chi connectivity index (χ4n) is 2.53. The molecule has 1 rings (SSSR count). The van der Waals surface area contributed by atoms with E-state index in [0.717, 1.165) is 10.7 Å². The summed E-state index contributed by atoms with van der Waals surface area (Å²) < 4.78 is 26.1. The molecule has 1 aromatic carbocycles. The van der Waals surface area contributed by atoms with Crippen LogP contribution < -0.4 is 0 Å². The highest BCUT2D eigenvalue weighted by atomic mass is 32.2. The Morgan fingerprint density at radius 3 is 2.27 bits per heavy atom. The molecule has 0 aliphatic rings. The third-order valence-electron chi connectivity index (χ3n) is 3.29. The number of hydrogen-bond donors (Lipinski definition) is 1. The third kappa shape index (κ3) is 6.58. The number of sulfonamides is 1. The van der Waals surface area contributed by atoms with Gasteiger partial charge in [-0.25, -0.2) is 8.42 Å². The molecule has 0 aliphatic heterocycles. The van der Waals surface area contributed by atoms with E-state index in [1.165, 1.54) is 0 Å². The first-order valence-electron chi connectivity index (χ1n) is 7.44.